The Morgan fingerprint density at radius 1 is 0.695 bits per heavy atom. The van der Waals surface area contributed by atoms with E-state index in [0.29, 0.717) is 96.5 Å². The first kappa shape index (κ1) is 61.0. The number of anilines is 2. The zero-order valence-electron chi connectivity index (χ0n) is 45.9. The smallest absolute Gasteiger partial charge is 0.417 e. The Labute approximate surface area is 472 Å². The highest BCUT2D eigenvalue weighted by Crippen LogP contribution is 2.36. The molecule has 3 aromatic carbocycles. The molecule has 8 rings (SSSR count). The van der Waals surface area contributed by atoms with Crippen molar-refractivity contribution in [3.63, 3.8) is 0 Å². The van der Waals surface area contributed by atoms with Crippen LogP contribution >= 0.6 is 0 Å². The third kappa shape index (κ3) is 17.0. The molecule has 5 heterocycles. The quantitative estimate of drug-likeness (QED) is 0.0451. The Hall–Kier alpha value is -7.10. The molecule has 25 heteroatoms. The van der Waals surface area contributed by atoms with Gasteiger partial charge in [0.15, 0.2) is 0 Å². The van der Waals surface area contributed by atoms with Gasteiger partial charge < -0.3 is 53.8 Å². The number of piperazine rings is 2. The Morgan fingerprint density at radius 2 is 1.33 bits per heavy atom. The second-order valence-corrected chi connectivity index (χ2v) is 20.1. The van der Waals surface area contributed by atoms with Gasteiger partial charge in [-0.15, -0.1) is 0 Å². The molecule has 82 heavy (non-hydrogen) atoms. The lowest BCUT2D eigenvalue weighted by Gasteiger charge is -2.35. The third-order valence-electron chi connectivity index (χ3n) is 14.3. The van der Waals surface area contributed by atoms with Gasteiger partial charge in [0.25, 0.3) is 17.7 Å². The number of pyridine rings is 1. The maximum absolute atomic E-state index is 13.9. The first-order chi connectivity index (χ1) is 39.6. The maximum Gasteiger partial charge on any atom is 0.417 e. The average molecular weight is 1150 g/mol. The molecule has 3 fully saturated rings. The Morgan fingerprint density at radius 3 is 2.00 bits per heavy atom. The average Bonchev–Trinajstić information content (AvgIpc) is 3.63. The van der Waals surface area contributed by atoms with Crippen LogP contribution in [0.4, 0.5) is 24.5 Å². The van der Waals surface area contributed by atoms with Crippen molar-refractivity contribution in [1.29, 1.82) is 0 Å². The van der Waals surface area contributed by atoms with E-state index in [1.165, 1.54) is 6.07 Å². The van der Waals surface area contributed by atoms with Crippen molar-refractivity contribution in [2.75, 3.05) is 155 Å². The molecule has 1 aromatic heterocycles. The zero-order chi connectivity index (χ0) is 58.0. The standard InChI is InChI=1S/C57H70F3N9O13/c1-65-15-21-68(22-16-65)46-9-8-41(35-45(46)63-53(73)43-37-62-51(72)36-44(43)57(58,59)60)40-5-2-4-39(34-40)38-67-19-17-66(18-20-67)14-13-61-49(70)12-23-77-24-25-78-26-27-79-28-29-80-30-31-81-32-33-82-48-7-3-6-42-52(48)56(76)69(55(42)75)47-10-11-50(71)64-54(47)74/h2-9,34-37,47H,10-33,38H2,1H3,(H,61,70)(H,62,72)(H,63,73)(H,64,71,74). The minimum atomic E-state index is -4.91. The van der Waals surface area contributed by atoms with Crippen molar-refractivity contribution in [1.82, 2.24) is 35.2 Å². The van der Waals surface area contributed by atoms with E-state index in [2.05, 4.69) is 52.7 Å². The summed E-state index contributed by atoms with van der Waals surface area (Å²) in [6.45, 7) is 11.5. The first-order valence-corrected chi connectivity index (χ1v) is 27.5. The van der Waals surface area contributed by atoms with Gasteiger partial charge in [0, 0.05) is 97.1 Å². The van der Waals surface area contributed by atoms with Crippen LogP contribution in [0.1, 0.15) is 61.5 Å². The number of aromatic nitrogens is 1. The summed E-state index contributed by atoms with van der Waals surface area (Å²) in [6.07, 6.45) is -3.78. The van der Waals surface area contributed by atoms with Gasteiger partial charge >= 0.3 is 6.18 Å². The molecule has 0 spiro atoms. The maximum atomic E-state index is 13.9. The highest BCUT2D eigenvalue weighted by Gasteiger charge is 2.46. The van der Waals surface area contributed by atoms with Crippen molar-refractivity contribution in [3.8, 4) is 16.9 Å². The lowest BCUT2D eigenvalue weighted by Crippen LogP contribution is -2.54. The fraction of sp³-hybridized carbons (Fsp3) is 0.491. The van der Waals surface area contributed by atoms with Crippen LogP contribution in [0.2, 0.25) is 0 Å². The van der Waals surface area contributed by atoms with E-state index in [-0.39, 0.29) is 61.9 Å². The largest absolute Gasteiger partial charge is 0.490 e. The predicted octanol–water partition coefficient (Wildman–Crippen LogP) is 3.25. The van der Waals surface area contributed by atoms with Crippen LogP contribution in [-0.4, -0.2) is 211 Å². The van der Waals surface area contributed by atoms with Gasteiger partial charge in [-0.1, -0.05) is 30.3 Å². The lowest BCUT2D eigenvalue weighted by molar-refractivity contribution is -0.138. The topological polar surface area (TPSA) is 243 Å². The van der Waals surface area contributed by atoms with Crippen molar-refractivity contribution < 1.29 is 70.4 Å². The normalized spacial score (nSPS) is 17.3. The molecule has 0 aliphatic carbocycles. The molecule has 4 aliphatic heterocycles. The number of carbonyl (C=O) groups excluding carboxylic acids is 6. The fourth-order valence-electron chi connectivity index (χ4n) is 9.90. The number of rotatable bonds is 29. The van der Waals surface area contributed by atoms with E-state index >= 15 is 0 Å². The summed E-state index contributed by atoms with van der Waals surface area (Å²) >= 11 is 0. The third-order valence-corrected chi connectivity index (χ3v) is 14.3. The summed E-state index contributed by atoms with van der Waals surface area (Å²) in [6, 6.07) is 17.7. The lowest BCUT2D eigenvalue weighted by atomic mass is 10.0. The monoisotopic (exact) mass is 1150 g/mol. The number of fused-ring (bicyclic) bond motifs is 1. The molecule has 22 nitrogen and oxygen atoms in total. The highest BCUT2D eigenvalue weighted by molar-refractivity contribution is 6.24. The van der Waals surface area contributed by atoms with Crippen molar-refractivity contribution in [2.45, 2.75) is 38.0 Å². The van der Waals surface area contributed by atoms with Gasteiger partial charge in [0.05, 0.1) is 99.7 Å². The van der Waals surface area contributed by atoms with Gasteiger partial charge in [0.1, 0.15) is 18.4 Å². The molecule has 3 saturated heterocycles. The van der Waals surface area contributed by atoms with Gasteiger partial charge in [0.2, 0.25) is 23.3 Å². The van der Waals surface area contributed by atoms with Crippen LogP contribution in [0.15, 0.2) is 77.7 Å². The summed E-state index contributed by atoms with van der Waals surface area (Å²) in [5, 5.41) is 7.89. The Kier molecular flexibility index (Phi) is 22.1. The van der Waals surface area contributed by atoms with Crippen LogP contribution in [0.3, 0.4) is 0 Å². The molecular weight excluding hydrogens is 1080 g/mol. The number of halogens is 3. The summed E-state index contributed by atoms with van der Waals surface area (Å²) in [5.41, 5.74) is 1.08. The number of nitrogens with one attached hydrogen (secondary N) is 4. The SMILES string of the molecule is CN1CCN(c2ccc(-c3cccc(CN4CCN(CCNC(=O)CCOCCOCCOCCOCCOCCOc5cccc6c5C(=O)N(C5CCC(=O)NC5=O)C6=O)CC4)c3)cc2NC(=O)c2c[nH]c(=O)cc2C(F)(F)F)CC1. The molecule has 4 N–H and O–H groups in total. The number of carbonyl (C=O) groups is 6. The number of amides is 6. The van der Waals surface area contributed by atoms with Crippen LogP contribution in [0.25, 0.3) is 11.1 Å². The number of imide groups is 2. The molecule has 0 saturated carbocycles. The van der Waals surface area contributed by atoms with Gasteiger partial charge in [-0.2, -0.15) is 13.2 Å². The van der Waals surface area contributed by atoms with Crippen LogP contribution < -0.4 is 31.1 Å². The van der Waals surface area contributed by atoms with E-state index in [4.69, 9.17) is 28.4 Å². The number of aromatic amines is 1. The number of benzene rings is 3. The molecular formula is C57H70F3N9O13. The molecule has 1 unspecified atom stereocenters. The Bertz CT molecular complexity index is 2930. The molecule has 4 aromatic rings. The molecule has 0 bridgehead atoms. The molecule has 4 aliphatic rings. The highest BCUT2D eigenvalue weighted by atomic mass is 19.4. The van der Waals surface area contributed by atoms with E-state index in [1.54, 1.807) is 18.2 Å². The fourth-order valence-corrected chi connectivity index (χ4v) is 9.90. The van der Waals surface area contributed by atoms with Gasteiger partial charge in [-0.05, 0) is 60.5 Å². The Balaban J connectivity index is 0.631. The van der Waals surface area contributed by atoms with Crippen molar-refractivity contribution in [3.05, 3.63) is 111 Å². The summed E-state index contributed by atoms with van der Waals surface area (Å²) in [4.78, 5) is 99.9. The summed E-state index contributed by atoms with van der Waals surface area (Å²) in [7, 11) is 2.02. The minimum absolute atomic E-state index is 0.0314. The van der Waals surface area contributed by atoms with Crippen LogP contribution in [-0.2, 0) is 50.8 Å². The summed E-state index contributed by atoms with van der Waals surface area (Å²) in [5.74, 6) is -3.24. The van der Waals surface area contributed by atoms with E-state index < -0.39 is 58.4 Å². The molecule has 6 amide bonds. The number of ether oxygens (including phenoxy) is 6. The van der Waals surface area contributed by atoms with Crippen molar-refractivity contribution >= 4 is 46.8 Å². The number of hydrogen-bond donors (Lipinski definition) is 4. The van der Waals surface area contributed by atoms with Crippen LogP contribution in [0.5, 0.6) is 5.75 Å². The van der Waals surface area contributed by atoms with Gasteiger partial charge in [-0.3, -0.25) is 53.6 Å². The summed E-state index contributed by atoms with van der Waals surface area (Å²) < 4.78 is 75.3. The van der Waals surface area contributed by atoms with E-state index in [9.17, 15) is 46.7 Å². The number of alkyl halides is 3. The minimum Gasteiger partial charge on any atom is -0.490 e. The first-order valence-electron chi connectivity index (χ1n) is 27.5. The van der Waals surface area contributed by atoms with Crippen molar-refractivity contribution in [2.24, 2.45) is 0 Å². The molecule has 1 atom stereocenters. The van der Waals surface area contributed by atoms with E-state index in [0.717, 1.165) is 73.6 Å². The second-order valence-electron chi connectivity index (χ2n) is 20.1. The predicted molar refractivity (Wildman–Crippen MR) is 294 cm³/mol. The molecule has 442 valence electrons. The second kappa shape index (κ2) is 29.7. The number of hydrogen-bond acceptors (Lipinski definition) is 17. The number of likely N-dealkylation sites (N-methyl/N-ethyl adjacent to an activating group) is 1. The number of piperidine rings is 1. The number of H-pyrrole nitrogens is 1. The zero-order valence-corrected chi connectivity index (χ0v) is 45.9. The molecule has 0 radical (unpaired) electrons. The van der Waals surface area contributed by atoms with Crippen LogP contribution in [0, 0.1) is 0 Å². The number of nitrogens with zero attached hydrogens (tertiary/aromatic N) is 5. The van der Waals surface area contributed by atoms with Gasteiger partial charge in [-0.25, -0.2) is 0 Å². The van der Waals surface area contributed by atoms with E-state index in [1.807, 2.05) is 31.3 Å².